The second kappa shape index (κ2) is 6.79. The molecule has 120 valence electrons. The normalized spacial score (nSPS) is 12.1. The molecular weight excluding hydrogens is 316 g/mol. The molecule has 0 saturated carbocycles. The zero-order valence-corrected chi connectivity index (χ0v) is 13.4. The topological polar surface area (TPSA) is 59.6 Å². The number of fused-ring (bicyclic) bond motifs is 1. The van der Waals surface area contributed by atoms with E-state index in [1.54, 1.807) is 18.2 Å². The van der Waals surface area contributed by atoms with E-state index in [1.165, 1.54) is 0 Å². The van der Waals surface area contributed by atoms with E-state index in [9.17, 15) is 4.79 Å². The van der Waals surface area contributed by atoms with E-state index in [4.69, 9.17) is 21.1 Å². The van der Waals surface area contributed by atoms with E-state index >= 15 is 0 Å². The van der Waals surface area contributed by atoms with Crippen LogP contribution in [0, 0.1) is 6.92 Å². The molecule has 5 nitrogen and oxygen atoms in total. The van der Waals surface area contributed by atoms with Crippen LogP contribution in [0.5, 0.6) is 11.5 Å². The van der Waals surface area contributed by atoms with Crippen LogP contribution >= 0.6 is 11.6 Å². The van der Waals surface area contributed by atoms with Crippen molar-refractivity contribution in [3.8, 4) is 11.5 Å². The highest BCUT2D eigenvalue weighted by molar-refractivity contribution is 6.30. The number of nitrogens with one attached hydrogen (secondary N) is 2. The molecule has 2 aromatic rings. The molecular formula is C17H17ClN2O3. The highest BCUT2D eigenvalue weighted by Crippen LogP contribution is 2.34. The number of amides is 1. The summed E-state index contributed by atoms with van der Waals surface area (Å²) in [7, 11) is 0. The number of aryl methyl sites for hydroxylation is 1. The van der Waals surface area contributed by atoms with E-state index in [1.807, 2.05) is 25.1 Å². The fourth-order valence-electron chi connectivity index (χ4n) is 2.29. The van der Waals surface area contributed by atoms with Gasteiger partial charge >= 0.3 is 0 Å². The van der Waals surface area contributed by atoms with Gasteiger partial charge in [0.05, 0.1) is 0 Å². The van der Waals surface area contributed by atoms with Gasteiger partial charge in [-0.25, -0.2) is 0 Å². The van der Waals surface area contributed by atoms with Crippen LogP contribution in [0.3, 0.4) is 0 Å². The third-order valence-electron chi connectivity index (χ3n) is 3.52. The Bertz CT molecular complexity index is 734. The van der Waals surface area contributed by atoms with Gasteiger partial charge in [0.25, 0.3) is 0 Å². The van der Waals surface area contributed by atoms with Crippen LogP contribution in [0.2, 0.25) is 5.02 Å². The van der Waals surface area contributed by atoms with Gasteiger partial charge in [-0.3, -0.25) is 4.79 Å². The predicted molar refractivity (Wildman–Crippen MR) is 90.5 cm³/mol. The van der Waals surface area contributed by atoms with Crippen molar-refractivity contribution in [2.45, 2.75) is 13.3 Å². The first-order valence-corrected chi connectivity index (χ1v) is 7.69. The summed E-state index contributed by atoms with van der Waals surface area (Å²) in [5, 5.41) is 6.73. The smallest absolute Gasteiger partial charge is 0.231 e. The summed E-state index contributed by atoms with van der Waals surface area (Å²) in [5.41, 5.74) is 2.72. The number of ether oxygens (including phenoxy) is 2. The number of halogens is 1. The van der Waals surface area contributed by atoms with Crippen molar-refractivity contribution in [1.29, 1.82) is 0 Å². The van der Waals surface area contributed by atoms with Crippen molar-refractivity contribution < 1.29 is 14.3 Å². The van der Waals surface area contributed by atoms with Gasteiger partial charge in [0.15, 0.2) is 11.5 Å². The monoisotopic (exact) mass is 332 g/mol. The summed E-state index contributed by atoms with van der Waals surface area (Å²) in [6, 6.07) is 11.0. The Hall–Kier alpha value is -2.40. The molecule has 0 fully saturated rings. The molecule has 0 spiro atoms. The molecule has 0 radical (unpaired) electrons. The van der Waals surface area contributed by atoms with Gasteiger partial charge in [-0.1, -0.05) is 17.7 Å². The Morgan fingerprint density at radius 1 is 1.17 bits per heavy atom. The Balaban J connectivity index is 1.51. The van der Waals surface area contributed by atoms with Crippen molar-refractivity contribution >= 4 is 28.9 Å². The molecule has 1 amide bonds. The zero-order valence-electron chi connectivity index (χ0n) is 12.7. The first-order chi connectivity index (χ1) is 11.1. The number of rotatable bonds is 5. The van der Waals surface area contributed by atoms with E-state index in [-0.39, 0.29) is 12.7 Å². The molecule has 1 heterocycles. The van der Waals surface area contributed by atoms with Crippen molar-refractivity contribution in [2.75, 3.05) is 24.0 Å². The number of hydrogen-bond donors (Lipinski definition) is 2. The fraction of sp³-hybridized carbons (Fsp3) is 0.235. The lowest BCUT2D eigenvalue weighted by Crippen LogP contribution is -2.16. The van der Waals surface area contributed by atoms with E-state index in [0.29, 0.717) is 35.2 Å². The van der Waals surface area contributed by atoms with E-state index < -0.39 is 0 Å². The standard InChI is InChI=1S/C17H17ClN2O3/c1-11-2-3-12(18)8-14(11)19-7-6-17(21)20-13-4-5-15-16(9-13)23-10-22-15/h2-5,8-9,19H,6-7,10H2,1H3,(H,20,21). The van der Waals surface area contributed by atoms with Crippen LogP contribution in [0.1, 0.15) is 12.0 Å². The highest BCUT2D eigenvalue weighted by Gasteiger charge is 2.14. The van der Waals surface area contributed by atoms with Crippen LogP contribution in [0.15, 0.2) is 36.4 Å². The molecule has 3 rings (SSSR count). The van der Waals surface area contributed by atoms with Crippen LogP contribution in [0.25, 0.3) is 0 Å². The molecule has 0 bridgehead atoms. The highest BCUT2D eigenvalue weighted by atomic mass is 35.5. The molecule has 0 saturated heterocycles. The maximum absolute atomic E-state index is 12.0. The predicted octanol–water partition coefficient (Wildman–Crippen LogP) is 3.82. The lowest BCUT2D eigenvalue weighted by molar-refractivity contribution is -0.115. The molecule has 2 N–H and O–H groups in total. The van der Waals surface area contributed by atoms with Gasteiger partial charge in [0, 0.05) is 35.4 Å². The van der Waals surface area contributed by atoms with Gasteiger partial charge in [0.1, 0.15) is 0 Å². The number of carbonyl (C=O) groups excluding carboxylic acids is 1. The van der Waals surface area contributed by atoms with E-state index in [0.717, 1.165) is 11.3 Å². The summed E-state index contributed by atoms with van der Waals surface area (Å²) >= 11 is 5.97. The lowest BCUT2D eigenvalue weighted by Gasteiger charge is -2.10. The summed E-state index contributed by atoms with van der Waals surface area (Å²) in [6.07, 6.45) is 0.348. The molecule has 1 aliphatic heterocycles. The summed E-state index contributed by atoms with van der Waals surface area (Å²) < 4.78 is 10.5. The average Bonchev–Trinajstić information content (AvgIpc) is 2.98. The number of anilines is 2. The van der Waals surface area contributed by atoms with Crippen LogP contribution in [-0.2, 0) is 4.79 Å². The van der Waals surface area contributed by atoms with Crippen molar-refractivity contribution in [3.63, 3.8) is 0 Å². The zero-order chi connectivity index (χ0) is 16.2. The third-order valence-corrected chi connectivity index (χ3v) is 3.76. The van der Waals surface area contributed by atoms with Gasteiger partial charge in [0.2, 0.25) is 12.7 Å². The van der Waals surface area contributed by atoms with Gasteiger partial charge in [-0.15, -0.1) is 0 Å². The molecule has 0 atom stereocenters. The van der Waals surface area contributed by atoms with Gasteiger partial charge in [-0.05, 0) is 36.8 Å². The maximum atomic E-state index is 12.0. The minimum Gasteiger partial charge on any atom is -0.454 e. The Morgan fingerprint density at radius 3 is 2.87 bits per heavy atom. The SMILES string of the molecule is Cc1ccc(Cl)cc1NCCC(=O)Nc1ccc2c(c1)OCO2. The lowest BCUT2D eigenvalue weighted by atomic mass is 10.2. The van der Waals surface area contributed by atoms with Crippen LogP contribution < -0.4 is 20.1 Å². The first kappa shape index (κ1) is 15.5. The second-order valence-electron chi connectivity index (χ2n) is 5.25. The molecule has 0 aliphatic carbocycles. The van der Waals surface area contributed by atoms with Gasteiger partial charge < -0.3 is 20.1 Å². The number of benzene rings is 2. The van der Waals surface area contributed by atoms with E-state index in [2.05, 4.69) is 10.6 Å². The number of carbonyl (C=O) groups is 1. The quantitative estimate of drug-likeness (QED) is 0.874. The fourth-order valence-corrected chi connectivity index (χ4v) is 2.47. The third kappa shape index (κ3) is 3.87. The minimum atomic E-state index is -0.0731. The molecule has 2 aromatic carbocycles. The molecule has 0 unspecified atom stereocenters. The molecule has 1 aliphatic rings. The minimum absolute atomic E-state index is 0.0731. The Morgan fingerprint density at radius 2 is 2.00 bits per heavy atom. The van der Waals surface area contributed by atoms with Crippen LogP contribution in [-0.4, -0.2) is 19.2 Å². The summed E-state index contributed by atoms with van der Waals surface area (Å²) in [4.78, 5) is 12.0. The molecule has 0 aromatic heterocycles. The largest absolute Gasteiger partial charge is 0.454 e. The second-order valence-corrected chi connectivity index (χ2v) is 5.69. The Kier molecular flexibility index (Phi) is 4.57. The average molecular weight is 333 g/mol. The number of hydrogen-bond acceptors (Lipinski definition) is 4. The summed E-state index contributed by atoms with van der Waals surface area (Å²) in [5.74, 6) is 1.27. The van der Waals surface area contributed by atoms with Gasteiger partial charge in [-0.2, -0.15) is 0 Å². The van der Waals surface area contributed by atoms with Crippen molar-refractivity contribution in [2.24, 2.45) is 0 Å². The molecule has 6 heteroatoms. The molecule has 23 heavy (non-hydrogen) atoms. The maximum Gasteiger partial charge on any atom is 0.231 e. The summed E-state index contributed by atoms with van der Waals surface area (Å²) in [6.45, 7) is 2.73. The first-order valence-electron chi connectivity index (χ1n) is 7.31. The van der Waals surface area contributed by atoms with Crippen molar-refractivity contribution in [1.82, 2.24) is 0 Å². The van der Waals surface area contributed by atoms with Crippen LogP contribution in [0.4, 0.5) is 11.4 Å². The van der Waals surface area contributed by atoms with Crippen molar-refractivity contribution in [3.05, 3.63) is 47.0 Å². The Labute approximate surface area is 139 Å².